The first-order valence-electron chi connectivity index (χ1n) is 8.16. The van der Waals surface area contributed by atoms with E-state index in [2.05, 4.69) is 5.32 Å². The van der Waals surface area contributed by atoms with Crippen molar-refractivity contribution in [3.05, 3.63) is 71.9 Å². The van der Waals surface area contributed by atoms with Gasteiger partial charge in [0.2, 0.25) is 5.91 Å². The number of nitrogens with one attached hydrogen (secondary N) is 1. The van der Waals surface area contributed by atoms with Gasteiger partial charge in [0.25, 0.3) is 10.0 Å². The summed E-state index contributed by atoms with van der Waals surface area (Å²) in [7, 11) is -2.56. The number of sulfonamides is 1. The summed E-state index contributed by atoms with van der Waals surface area (Å²) in [4.78, 5) is 12.5. The van der Waals surface area contributed by atoms with Crippen LogP contribution in [0.2, 0.25) is 0 Å². The normalized spacial score (nSPS) is 11.1. The molecule has 0 aliphatic rings. The van der Waals surface area contributed by atoms with Gasteiger partial charge in [0.15, 0.2) is 0 Å². The summed E-state index contributed by atoms with van der Waals surface area (Å²) in [6.07, 6.45) is 0. The number of rotatable bonds is 7. The maximum absolute atomic E-state index is 13.1. The van der Waals surface area contributed by atoms with Gasteiger partial charge in [-0.15, -0.1) is 11.3 Å². The number of carbonyl (C=O) groups is 1. The Morgan fingerprint density at radius 1 is 1.11 bits per heavy atom. The monoisotopic (exact) mass is 420 g/mol. The summed E-state index contributed by atoms with van der Waals surface area (Å²) in [5.41, 5.74) is 0.604. The maximum atomic E-state index is 13.1. The molecule has 1 amide bonds. The second kappa shape index (κ2) is 8.41. The fourth-order valence-electron chi connectivity index (χ4n) is 2.52. The average molecular weight is 420 g/mol. The van der Waals surface area contributed by atoms with Crippen molar-refractivity contribution in [3.8, 4) is 5.75 Å². The first-order valence-corrected chi connectivity index (χ1v) is 10.5. The van der Waals surface area contributed by atoms with Gasteiger partial charge >= 0.3 is 0 Å². The third kappa shape index (κ3) is 4.32. The van der Waals surface area contributed by atoms with Crippen molar-refractivity contribution in [1.29, 1.82) is 0 Å². The van der Waals surface area contributed by atoms with Gasteiger partial charge < -0.3 is 10.1 Å². The third-order valence-electron chi connectivity index (χ3n) is 3.81. The van der Waals surface area contributed by atoms with Crippen LogP contribution in [0, 0.1) is 5.82 Å². The predicted molar refractivity (Wildman–Crippen MR) is 107 cm³/mol. The molecule has 9 heteroatoms. The second-order valence-electron chi connectivity index (χ2n) is 5.67. The molecule has 2 aromatic carbocycles. The number of halogens is 1. The molecule has 0 fully saturated rings. The van der Waals surface area contributed by atoms with Crippen LogP contribution >= 0.6 is 11.3 Å². The number of ether oxygens (including phenoxy) is 1. The van der Waals surface area contributed by atoms with E-state index in [-0.39, 0.29) is 9.90 Å². The molecule has 146 valence electrons. The van der Waals surface area contributed by atoms with Crippen LogP contribution in [0.4, 0.5) is 15.8 Å². The van der Waals surface area contributed by atoms with E-state index in [1.807, 2.05) is 0 Å². The van der Waals surface area contributed by atoms with E-state index in [0.29, 0.717) is 11.4 Å². The Balaban J connectivity index is 1.94. The van der Waals surface area contributed by atoms with Crippen LogP contribution in [0.3, 0.4) is 0 Å². The highest BCUT2D eigenvalue weighted by Crippen LogP contribution is 2.33. The van der Waals surface area contributed by atoms with E-state index in [0.717, 1.165) is 15.6 Å². The standard InChI is InChI=1S/C19H17FN2O4S2/c1-26-17-6-3-2-5-16(17)22(28(24,25)19-7-4-12-27-19)13-18(23)21-15-10-8-14(20)9-11-15/h2-12H,13H2,1H3,(H,21,23). The number of hydrogen-bond donors (Lipinski definition) is 1. The molecule has 0 aliphatic heterocycles. The molecule has 0 saturated heterocycles. The zero-order valence-corrected chi connectivity index (χ0v) is 16.5. The Hall–Kier alpha value is -2.91. The molecule has 3 rings (SSSR count). The van der Waals surface area contributed by atoms with Crippen LogP contribution in [0.15, 0.2) is 70.3 Å². The third-order valence-corrected chi connectivity index (χ3v) is 6.94. The minimum atomic E-state index is -3.99. The zero-order chi connectivity index (χ0) is 20.1. The Kier molecular flexibility index (Phi) is 5.96. The first-order chi connectivity index (χ1) is 13.4. The van der Waals surface area contributed by atoms with E-state index in [9.17, 15) is 17.6 Å². The molecule has 0 spiro atoms. The van der Waals surface area contributed by atoms with Gasteiger partial charge in [0.05, 0.1) is 12.8 Å². The quantitative estimate of drug-likeness (QED) is 0.632. The lowest BCUT2D eigenvalue weighted by Gasteiger charge is -2.24. The van der Waals surface area contributed by atoms with Gasteiger partial charge in [0, 0.05) is 5.69 Å². The zero-order valence-electron chi connectivity index (χ0n) is 14.8. The number of hydrogen-bond acceptors (Lipinski definition) is 5. The Morgan fingerprint density at radius 2 is 1.82 bits per heavy atom. The number of para-hydroxylation sites is 2. The van der Waals surface area contributed by atoms with E-state index in [1.54, 1.807) is 35.7 Å². The lowest BCUT2D eigenvalue weighted by atomic mass is 10.3. The number of carbonyl (C=O) groups excluding carboxylic acids is 1. The maximum Gasteiger partial charge on any atom is 0.274 e. The van der Waals surface area contributed by atoms with Gasteiger partial charge in [-0.3, -0.25) is 9.10 Å². The highest BCUT2D eigenvalue weighted by Gasteiger charge is 2.30. The molecule has 1 N–H and O–H groups in total. The fraction of sp³-hybridized carbons (Fsp3) is 0.105. The van der Waals surface area contributed by atoms with Crippen molar-refractivity contribution >= 4 is 38.6 Å². The molecule has 1 heterocycles. The SMILES string of the molecule is COc1ccccc1N(CC(=O)Nc1ccc(F)cc1)S(=O)(=O)c1cccs1. The number of amides is 1. The highest BCUT2D eigenvalue weighted by molar-refractivity contribution is 7.94. The van der Waals surface area contributed by atoms with Crippen LogP contribution in [-0.2, 0) is 14.8 Å². The second-order valence-corrected chi connectivity index (χ2v) is 8.71. The Labute approximate surface area is 166 Å². The van der Waals surface area contributed by atoms with Crippen molar-refractivity contribution in [2.24, 2.45) is 0 Å². The Morgan fingerprint density at radius 3 is 2.46 bits per heavy atom. The molecule has 3 aromatic rings. The molecule has 0 radical (unpaired) electrons. The smallest absolute Gasteiger partial charge is 0.274 e. The predicted octanol–water partition coefficient (Wildman–Crippen LogP) is 3.73. The molecule has 1 aromatic heterocycles. The van der Waals surface area contributed by atoms with Crippen molar-refractivity contribution in [2.75, 3.05) is 23.3 Å². The highest BCUT2D eigenvalue weighted by atomic mass is 32.2. The number of nitrogens with zero attached hydrogens (tertiary/aromatic N) is 1. The summed E-state index contributed by atoms with van der Waals surface area (Å²) in [6.45, 7) is -0.474. The molecule has 0 aliphatic carbocycles. The Bertz CT molecular complexity index is 1050. The topological polar surface area (TPSA) is 75.7 Å². The fourth-order valence-corrected chi connectivity index (χ4v) is 5.05. The molecular weight excluding hydrogens is 403 g/mol. The van der Waals surface area contributed by atoms with Crippen LogP contribution in [0.1, 0.15) is 0 Å². The van der Waals surface area contributed by atoms with Crippen molar-refractivity contribution in [2.45, 2.75) is 4.21 Å². The van der Waals surface area contributed by atoms with Gasteiger partial charge in [-0.25, -0.2) is 12.8 Å². The minimum absolute atomic E-state index is 0.105. The molecular formula is C19H17FN2O4S2. The molecule has 0 bridgehead atoms. The van der Waals surface area contributed by atoms with E-state index < -0.39 is 28.3 Å². The molecule has 0 atom stereocenters. The molecule has 0 unspecified atom stereocenters. The van der Waals surface area contributed by atoms with Gasteiger partial charge in [-0.05, 0) is 47.8 Å². The summed E-state index contributed by atoms with van der Waals surface area (Å²) in [5, 5.41) is 4.22. The molecule has 6 nitrogen and oxygen atoms in total. The van der Waals surface area contributed by atoms with E-state index in [4.69, 9.17) is 4.74 Å². The largest absolute Gasteiger partial charge is 0.495 e. The van der Waals surface area contributed by atoms with E-state index >= 15 is 0 Å². The number of methoxy groups -OCH3 is 1. The van der Waals surface area contributed by atoms with Gasteiger partial charge in [0.1, 0.15) is 22.3 Å². The summed E-state index contributed by atoms with van der Waals surface area (Å²) in [6, 6.07) is 14.8. The van der Waals surface area contributed by atoms with Gasteiger partial charge in [-0.1, -0.05) is 18.2 Å². The lowest BCUT2D eigenvalue weighted by molar-refractivity contribution is -0.114. The number of benzene rings is 2. The molecule has 0 saturated carbocycles. The van der Waals surface area contributed by atoms with Crippen LogP contribution in [0.25, 0.3) is 0 Å². The summed E-state index contributed by atoms with van der Waals surface area (Å²) < 4.78 is 45.7. The van der Waals surface area contributed by atoms with Crippen LogP contribution in [0.5, 0.6) is 5.75 Å². The minimum Gasteiger partial charge on any atom is -0.495 e. The number of thiophene rings is 1. The van der Waals surface area contributed by atoms with Gasteiger partial charge in [-0.2, -0.15) is 0 Å². The summed E-state index contributed by atoms with van der Waals surface area (Å²) in [5.74, 6) is -0.691. The number of anilines is 2. The van der Waals surface area contributed by atoms with Crippen LogP contribution < -0.4 is 14.4 Å². The average Bonchev–Trinajstić information content (AvgIpc) is 3.23. The van der Waals surface area contributed by atoms with Crippen molar-refractivity contribution in [1.82, 2.24) is 0 Å². The van der Waals surface area contributed by atoms with E-state index in [1.165, 1.54) is 37.4 Å². The lowest BCUT2D eigenvalue weighted by Crippen LogP contribution is -2.38. The first kappa shape index (κ1) is 19.8. The van der Waals surface area contributed by atoms with Crippen molar-refractivity contribution < 1.29 is 22.3 Å². The van der Waals surface area contributed by atoms with Crippen LogP contribution in [-0.4, -0.2) is 28.0 Å². The summed E-state index contributed by atoms with van der Waals surface area (Å²) >= 11 is 1.06. The van der Waals surface area contributed by atoms with Crippen molar-refractivity contribution in [3.63, 3.8) is 0 Å². The molecule has 28 heavy (non-hydrogen) atoms.